The molecule has 0 spiro atoms. The maximum atomic E-state index is 11.0. The second-order valence-corrected chi connectivity index (χ2v) is 1.62. The van der Waals surface area contributed by atoms with Gasteiger partial charge in [0, 0.05) is 0 Å². The third kappa shape index (κ3) is 99.9. The van der Waals surface area contributed by atoms with E-state index in [0.29, 0.717) is 12.8 Å². The van der Waals surface area contributed by atoms with Gasteiger partial charge in [-0.25, -0.2) is 0 Å². The first-order valence-corrected chi connectivity index (χ1v) is 3.98. The van der Waals surface area contributed by atoms with Gasteiger partial charge < -0.3 is 0 Å². The first-order chi connectivity index (χ1) is 5.74. The third-order valence-corrected chi connectivity index (χ3v) is 0.517. The summed E-state index contributed by atoms with van der Waals surface area (Å²) in [5, 5.41) is 0. The Labute approximate surface area is 72.0 Å². The number of halogens is 4. The Morgan fingerprint density at radius 1 is 0.667 bits per heavy atom. The van der Waals surface area contributed by atoms with Crippen molar-refractivity contribution in [3.63, 3.8) is 0 Å². The fourth-order valence-electron chi connectivity index (χ4n) is 0.189. The zero-order valence-corrected chi connectivity index (χ0v) is 7.75. The number of unbranched alkanes of at least 4 members (excludes halogenated alkanes) is 1. The minimum Gasteiger partial charge on any atom is -0.251 e. The Bertz CT molecular complexity index is 36.0. The van der Waals surface area contributed by atoms with Gasteiger partial charge in [-0.1, -0.05) is 0 Å². The standard InChI is InChI=1S/C4H8F2.2C2H5F/c5-3-1-2-4-6;2*1-2-3/h1-4H2;2*2H2,1H3. The van der Waals surface area contributed by atoms with Crippen LogP contribution in [0.2, 0.25) is 0 Å². The highest BCUT2D eigenvalue weighted by Crippen LogP contribution is 1.87. The smallest absolute Gasteiger partial charge is 0.0895 e. The summed E-state index contributed by atoms with van der Waals surface area (Å²) < 4.78 is 42.6. The molecular formula is C8H18F4. The van der Waals surface area contributed by atoms with Crippen molar-refractivity contribution in [1.82, 2.24) is 0 Å². The molecule has 0 nitrogen and oxygen atoms in total. The molecule has 0 fully saturated rings. The zero-order valence-electron chi connectivity index (χ0n) is 7.75. The van der Waals surface area contributed by atoms with E-state index in [9.17, 15) is 17.6 Å². The van der Waals surface area contributed by atoms with Gasteiger partial charge in [0.1, 0.15) is 0 Å². The van der Waals surface area contributed by atoms with Gasteiger partial charge in [0.15, 0.2) is 0 Å². The SMILES string of the molecule is CCF.CCF.FCCCCF. The van der Waals surface area contributed by atoms with E-state index in [2.05, 4.69) is 0 Å². The van der Waals surface area contributed by atoms with Crippen molar-refractivity contribution in [2.75, 3.05) is 26.7 Å². The highest BCUT2D eigenvalue weighted by atomic mass is 19.1. The van der Waals surface area contributed by atoms with E-state index in [4.69, 9.17) is 0 Å². The van der Waals surface area contributed by atoms with Crippen molar-refractivity contribution in [2.45, 2.75) is 26.7 Å². The first kappa shape index (κ1) is 17.7. The predicted molar refractivity (Wildman–Crippen MR) is 44.5 cm³/mol. The summed E-state index contributed by atoms with van der Waals surface area (Å²) in [5.41, 5.74) is 0. The maximum absolute atomic E-state index is 11.0. The molecule has 0 aliphatic heterocycles. The zero-order chi connectivity index (χ0) is 10.2. The lowest BCUT2D eigenvalue weighted by Crippen LogP contribution is -1.76. The van der Waals surface area contributed by atoms with Crippen LogP contribution in [0.1, 0.15) is 26.7 Å². The fourth-order valence-corrected chi connectivity index (χ4v) is 0.189. The third-order valence-electron chi connectivity index (χ3n) is 0.517. The van der Waals surface area contributed by atoms with E-state index < -0.39 is 0 Å². The van der Waals surface area contributed by atoms with Gasteiger partial charge in [0.05, 0.1) is 26.7 Å². The molecule has 0 N–H and O–H groups in total. The van der Waals surface area contributed by atoms with E-state index in [1.165, 1.54) is 13.8 Å². The van der Waals surface area contributed by atoms with Crippen molar-refractivity contribution >= 4 is 0 Å². The van der Waals surface area contributed by atoms with Crippen LogP contribution >= 0.6 is 0 Å². The number of hydrogen-bond donors (Lipinski definition) is 0. The molecule has 4 heteroatoms. The van der Waals surface area contributed by atoms with Gasteiger partial charge in [-0.05, 0) is 26.7 Å². The molecule has 0 aromatic rings. The van der Waals surface area contributed by atoms with Crippen molar-refractivity contribution in [3.8, 4) is 0 Å². The van der Waals surface area contributed by atoms with Crippen molar-refractivity contribution in [3.05, 3.63) is 0 Å². The fraction of sp³-hybridized carbons (Fsp3) is 1.00. The highest BCUT2D eigenvalue weighted by molar-refractivity contribution is 4.31. The molecule has 0 aromatic carbocycles. The highest BCUT2D eigenvalue weighted by Gasteiger charge is 1.80. The van der Waals surface area contributed by atoms with E-state index in [-0.39, 0.29) is 26.7 Å². The summed E-state index contributed by atoms with van der Waals surface area (Å²) in [6, 6.07) is 0. The van der Waals surface area contributed by atoms with E-state index >= 15 is 0 Å². The molecule has 0 aromatic heterocycles. The van der Waals surface area contributed by atoms with Crippen LogP contribution in [0.5, 0.6) is 0 Å². The maximum Gasteiger partial charge on any atom is 0.0895 e. The Balaban J connectivity index is -0.000000115. The molecule has 0 bridgehead atoms. The summed E-state index contributed by atoms with van der Waals surface area (Å²) in [7, 11) is 0. The van der Waals surface area contributed by atoms with Crippen molar-refractivity contribution in [2.24, 2.45) is 0 Å². The summed E-state index contributed by atoms with van der Waals surface area (Å²) >= 11 is 0. The van der Waals surface area contributed by atoms with Crippen LogP contribution in [0, 0.1) is 0 Å². The van der Waals surface area contributed by atoms with Gasteiger partial charge in [0.2, 0.25) is 0 Å². The van der Waals surface area contributed by atoms with Crippen LogP contribution in [0.25, 0.3) is 0 Å². The first-order valence-electron chi connectivity index (χ1n) is 3.98. The molecule has 0 atom stereocenters. The monoisotopic (exact) mass is 190 g/mol. The Kier molecular flexibility index (Phi) is 45.7. The van der Waals surface area contributed by atoms with E-state index in [0.717, 1.165) is 0 Å². The van der Waals surface area contributed by atoms with Gasteiger partial charge in [-0.3, -0.25) is 17.6 Å². The molecule has 0 saturated heterocycles. The lowest BCUT2D eigenvalue weighted by molar-refractivity contribution is 0.409. The minimum atomic E-state index is -0.385. The molecule has 0 radical (unpaired) electrons. The molecule has 0 heterocycles. The van der Waals surface area contributed by atoms with Crippen molar-refractivity contribution < 1.29 is 17.6 Å². The number of hydrogen-bond acceptors (Lipinski definition) is 0. The summed E-state index contributed by atoms with van der Waals surface area (Å²) in [5.74, 6) is 0. The largest absolute Gasteiger partial charge is 0.251 e. The molecular weight excluding hydrogens is 172 g/mol. The van der Waals surface area contributed by atoms with Gasteiger partial charge in [-0.2, -0.15) is 0 Å². The molecule has 12 heavy (non-hydrogen) atoms. The number of alkyl halides is 4. The van der Waals surface area contributed by atoms with Gasteiger partial charge in [0.25, 0.3) is 0 Å². The molecule has 0 amide bonds. The Morgan fingerprint density at radius 3 is 0.917 bits per heavy atom. The minimum absolute atomic E-state index is 0.250. The second kappa shape index (κ2) is 31.0. The number of rotatable bonds is 3. The van der Waals surface area contributed by atoms with E-state index in [1.807, 2.05) is 0 Å². The average molecular weight is 190 g/mol. The van der Waals surface area contributed by atoms with Crippen LogP contribution in [0.4, 0.5) is 17.6 Å². The van der Waals surface area contributed by atoms with Crippen LogP contribution < -0.4 is 0 Å². The van der Waals surface area contributed by atoms with Crippen LogP contribution in [-0.2, 0) is 0 Å². The molecule has 78 valence electrons. The second-order valence-electron chi connectivity index (χ2n) is 1.62. The quantitative estimate of drug-likeness (QED) is 0.470. The molecule has 0 rings (SSSR count). The Hall–Kier alpha value is -0.280. The predicted octanol–water partition coefficient (Wildman–Crippen LogP) is 3.66. The van der Waals surface area contributed by atoms with Crippen LogP contribution in [0.3, 0.4) is 0 Å². The lowest BCUT2D eigenvalue weighted by Gasteiger charge is -1.81. The topological polar surface area (TPSA) is 0 Å². The van der Waals surface area contributed by atoms with E-state index in [1.54, 1.807) is 0 Å². The van der Waals surface area contributed by atoms with Crippen LogP contribution in [0.15, 0.2) is 0 Å². The normalized spacial score (nSPS) is 7.50. The average Bonchev–Trinajstić information content (AvgIpc) is 2.04. The van der Waals surface area contributed by atoms with Crippen molar-refractivity contribution in [1.29, 1.82) is 0 Å². The summed E-state index contributed by atoms with van der Waals surface area (Å²) in [4.78, 5) is 0. The molecule has 0 saturated carbocycles. The molecule has 0 aliphatic carbocycles. The van der Waals surface area contributed by atoms with Gasteiger partial charge >= 0.3 is 0 Å². The molecule has 0 unspecified atom stereocenters. The summed E-state index contributed by atoms with van der Waals surface area (Å²) in [6.07, 6.45) is 0.743. The lowest BCUT2D eigenvalue weighted by atomic mass is 10.4. The van der Waals surface area contributed by atoms with Crippen LogP contribution in [-0.4, -0.2) is 26.7 Å². The Morgan fingerprint density at radius 2 is 0.833 bits per heavy atom. The van der Waals surface area contributed by atoms with Gasteiger partial charge in [-0.15, -0.1) is 0 Å². The summed E-state index contributed by atoms with van der Waals surface area (Å²) in [6.45, 7) is 1.65. The molecule has 0 aliphatic rings.